The van der Waals surface area contributed by atoms with Gasteiger partial charge in [0.2, 0.25) is 0 Å². The van der Waals surface area contributed by atoms with E-state index in [1.807, 2.05) is 49.4 Å². The van der Waals surface area contributed by atoms with E-state index in [-0.39, 0.29) is 11.7 Å². The summed E-state index contributed by atoms with van der Waals surface area (Å²) in [6.07, 6.45) is 3.79. The highest BCUT2D eigenvalue weighted by atomic mass is 16.1. The summed E-state index contributed by atoms with van der Waals surface area (Å²) in [5.41, 5.74) is 1.99. The zero-order valence-electron chi connectivity index (χ0n) is 9.23. The van der Waals surface area contributed by atoms with Gasteiger partial charge < -0.3 is 0 Å². The molecule has 0 bridgehead atoms. The molecule has 0 heterocycles. The number of hydrogen-bond donors (Lipinski definition) is 0. The normalized spacial score (nSPS) is 12.7. The Morgan fingerprint density at radius 1 is 1.27 bits per heavy atom. The van der Waals surface area contributed by atoms with Gasteiger partial charge >= 0.3 is 0 Å². The second-order valence-electron chi connectivity index (χ2n) is 3.70. The van der Waals surface area contributed by atoms with E-state index >= 15 is 0 Å². The van der Waals surface area contributed by atoms with Gasteiger partial charge in [-0.25, -0.2) is 0 Å². The van der Waals surface area contributed by atoms with Crippen LogP contribution in [-0.2, 0) is 4.79 Å². The average Bonchev–Trinajstić information content (AvgIpc) is 2.18. The van der Waals surface area contributed by atoms with Crippen LogP contribution in [0.5, 0.6) is 0 Å². The predicted octanol–water partition coefficient (Wildman–Crippen LogP) is 3.49. The predicted molar refractivity (Wildman–Crippen MR) is 63.8 cm³/mol. The van der Waals surface area contributed by atoms with Crippen LogP contribution in [0.4, 0.5) is 0 Å². The van der Waals surface area contributed by atoms with Gasteiger partial charge in [-0.3, -0.25) is 4.79 Å². The molecule has 1 nitrogen and oxygen atoms in total. The molecule has 0 spiro atoms. The van der Waals surface area contributed by atoms with Gasteiger partial charge in [-0.15, -0.1) is 0 Å². The maximum Gasteiger partial charge on any atom is 0.141 e. The van der Waals surface area contributed by atoms with Crippen LogP contribution in [0.1, 0.15) is 25.3 Å². The average molecular weight is 200 g/mol. The standard InChI is InChI=1S/C14H16O/c1-11(2)9-10-14(12(3)15)13-7-5-4-6-8-13/h4-10,14H,1H2,2-3H3/b10-9+/t14-/m1/s1. The van der Waals surface area contributed by atoms with Gasteiger partial charge in [0.15, 0.2) is 0 Å². The van der Waals surface area contributed by atoms with Crippen molar-refractivity contribution in [1.82, 2.24) is 0 Å². The molecular formula is C14H16O. The Balaban J connectivity index is 2.94. The largest absolute Gasteiger partial charge is 0.299 e. The number of hydrogen-bond acceptors (Lipinski definition) is 1. The Morgan fingerprint density at radius 2 is 1.87 bits per heavy atom. The first-order valence-corrected chi connectivity index (χ1v) is 5.00. The lowest BCUT2D eigenvalue weighted by atomic mass is 9.94. The van der Waals surface area contributed by atoms with Gasteiger partial charge in [0, 0.05) is 0 Å². The number of allylic oxidation sites excluding steroid dienone is 3. The molecule has 0 N–H and O–H groups in total. The lowest BCUT2D eigenvalue weighted by Gasteiger charge is -2.08. The molecule has 0 amide bonds. The third kappa shape index (κ3) is 3.55. The van der Waals surface area contributed by atoms with E-state index in [9.17, 15) is 4.79 Å². The van der Waals surface area contributed by atoms with Gasteiger partial charge in [-0.05, 0) is 19.4 Å². The van der Waals surface area contributed by atoms with E-state index in [1.165, 1.54) is 0 Å². The Hall–Kier alpha value is -1.63. The third-order valence-electron chi connectivity index (χ3n) is 2.17. The van der Waals surface area contributed by atoms with Crippen molar-refractivity contribution < 1.29 is 4.79 Å². The maximum absolute atomic E-state index is 11.5. The monoisotopic (exact) mass is 200 g/mol. The van der Waals surface area contributed by atoms with Crippen molar-refractivity contribution in [2.24, 2.45) is 0 Å². The van der Waals surface area contributed by atoms with Crippen LogP contribution in [-0.4, -0.2) is 5.78 Å². The fourth-order valence-corrected chi connectivity index (χ4v) is 1.40. The number of benzene rings is 1. The van der Waals surface area contributed by atoms with Gasteiger partial charge in [0.05, 0.1) is 5.92 Å². The van der Waals surface area contributed by atoms with Gasteiger partial charge in [-0.2, -0.15) is 0 Å². The fourth-order valence-electron chi connectivity index (χ4n) is 1.40. The molecule has 0 saturated heterocycles. The molecule has 1 aromatic rings. The van der Waals surface area contributed by atoms with E-state index in [4.69, 9.17) is 0 Å². The smallest absolute Gasteiger partial charge is 0.141 e. The van der Waals surface area contributed by atoms with Crippen molar-refractivity contribution in [3.8, 4) is 0 Å². The fraction of sp³-hybridized carbons (Fsp3) is 0.214. The van der Waals surface area contributed by atoms with Crippen molar-refractivity contribution >= 4 is 5.78 Å². The minimum Gasteiger partial charge on any atom is -0.299 e. The molecule has 0 aliphatic rings. The topological polar surface area (TPSA) is 17.1 Å². The first-order valence-electron chi connectivity index (χ1n) is 5.00. The molecule has 1 aromatic carbocycles. The van der Waals surface area contributed by atoms with Crippen molar-refractivity contribution in [2.75, 3.05) is 0 Å². The van der Waals surface area contributed by atoms with E-state index in [1.54, 1.807) is 6.92 Å². The van der Waals surface area contributed by atoms with Crippen LogP contribution in [0.25, 0.3) is 0 Å². The van der Waals surface area contributed by atoms with Crippen molar-refractivity contribution in [3.63, 3.8) is 0 Å². The zero-order chi connectivity index (χ0) is 11.3. The Labute approximate surface area is 91.1 Å². The van der Waals surface area contributed by atoms with Crippen molar-refractivity contribution in [1.29, 1.82) is 0 Å². The molecule has 0 saturated carbocycles. The molecular weight excluding hydrogens is 184 g/mol. The minimum absolute atomic E-state index is 0.150. The Bertz CT molecular complexity index is 374. The van der Waals surface area contributed by atoms with Gasteiger partial charge in [-0.1, -0.05) is 54.6 Å². The lowest BCUT2D eigenvalue weighted by Crippen LogP contribution is -2.05. The van der Waals surface area contributed by atoms with Crippen LogP contribution in [0.2, 0.25) is 0 Å². The number of carbonyl (C=O) groups excluding carboxylic acids is 1. The SMILES string of the molecule is C=C(C)/C=C/[C@H](C(C)=O)c1ccccc1. The number of ketones is 1. The maximum atomic E-state index is 11.5. The molecule has 1 rings (SSSR count). The van der Waals surface area contributed by atoms with Crippen molar-refractivity contribution in [3.05, 3.63) is 60.2 Å². The quantitative estimate of drug-likeness (QED) is 0.680. The summed E-state index contributed by atoms with van der Waals surface area (Å²) in [6, 6.07) is 9.77. The summed E-state index contributed by atoms with van der Waals surface area (Å²) < 4.78 is 0. The number of rotatable bonds is 4. The van der Waals surface area contributed by atoms with Crippen molar-refractivity contribution in [2.45, 2.75) is 19.8 Å². The second kappa shape index (κ2) is 5.30. The summed E-state index contributed by atoms with van der Waals surface area (Å²) in [5, 5.41) is 0. The number of carbonyl (C=O) groups is 1. The number of Topliss-reactive ketones (excluding diaryl/α,β-unsaturated/α-hetero) is 1. The molecule has 1 heteroatoms. The molecule has 0 aromatic heterocycles. The highest BCUT2D eigenvalue weighted by Crippen LogP contribution is 2.18. The van der Waals surface area contributed by atoms with E-state index < -0.39 is 0 Å². The zero-order valence-corrected chi connectivity index (χ0v) is 9.23. The summed E-state index contributed by atoms with van der Waals surface area (Å²) >= 11 is 0. The second-order valence-corrected chi connectivity index (χ2v) is 3.70. The minimum atomic E-state index is -0.150. The van der Waals surface area contributed by atoms with Gasteiger partial charge in [0.1, 0.15) is 5.78 Å². The van der Waals surface area contributed by atoms with E-state index in [0.29, 0.717) is 0 Å². The van der Waals surface area contributed by atoms with Crippen LogP contribution < -0.4 is 0 Å². The molecule has 0 aliphatic heterocycles. The van der Waals surface area contributed by atoms with E-state index in [2.05, 4.69) is 6.58 Å². The Kier molecular flexibility index (Phi) is 4.04. The Morgan fingerprint density at radius 3 is 2.33 bits per heavy atom. The molecule has 78 valence electrons. The first kappa shape index (κ1) is 11.4. The van der Waals surface area contributed by atoms with Crippen LogP contribution in [0.15, 0.2) is 54.6 Å². The first-order chi connectivity index (χ1) is 7.11. The summed E-state index contributed by atoms with van der Waals surface area (Å²) in [5.74, 6) is 0.00148. The summed E-state index contributed by atoms with van der Waals surface area (Å²) in [4.78, 5) is 11.5. The molecule has 15 heavy (non-hydrogen) atoms. The molecule has 0 unspecified atom stereocenters. The van der Waals surface area contributed by atoms with Gasteiger partial charge in [0.25, 0.3) is 0 Å². The third-order valence-corrected chi connectivity index (χ3v) is 2.17. The highest BCUT2D eigenvalue weighted by molar-refractivity contribution is 5.85. The van der Waals surface area contributed by atoms with Crippen LogP contribution in [0.3, 0.4) is 0 Å². The van der Waals surface area contributed by atoms with E-state index in [0.717, 1.165) is 11.1 Å². The summed E-state index contributed by atoms with van der Waals surface area (Å²) in [7, 11) is 0. The lowest BCUT2D eigenvalue weighted by molar-refractivity contribution is -0.117. The molecule has 0 aliphatic carbocycles. The van der Waals surface area contributed by atoms with Crippen LogP contribution in [0, 0.1) is 0 Å². The van der Waals surface area contributed by atoms with Crippen LogP contribution >= 0.6 is 0 Å². The summed E-state index contributed by atoms with van der Waals surface area (Å²) in [6.45, 7) is 7.31. The molecule has 0 fully saturated rings. The molecule has 0 radical (unpaired) electrons. The highest BCUT2D eigenvalue weighted by Gasteiger charge is 2.11. The molecule has 1 atom stereocenters.